The first-order valence-corrected chi connectivity index (χ1v) is 5.48. The zero-order valence-corrected chi connectivity index (χ0v) is 9.87. The van der Waals surface area contributed by atoms with Gasteiger partial charge in [-0.25, -0.2) is 0 Å². The Labute approximate surface area is 109 Å². The van der Waals surface area contributed by atoms with Crippen LogP contribution in [-0.4, -0.2) is 10.8 Å². The smallest absolute Gasteiger partial charge is 0.282 e. The highest BCUT2D eigenvalue weighted by atomic mass is 16.6. The van der Waals surface area contributed by atoms with Crippen molar-refractivity contribution in [1.82, 2.24) is 0 Å². The van der Waals surface area contributed by atoms with Gasteiger partial charge < -0.3 is 11.1 Å². The van der Waals surface area contributed by atoms with Crippen LogP contribution in [-0.2, 0) is 0 Å². The molecule has 0 saturated carbocycles. The van der Waals surface area contributed by atoms with E-state index in [1.54, 1.807) is 30.3 Å². The summed E-state index contributed by atoms with van der Waals surface area (Å²) in [7, 11) is 0. The highest BCUT2D eigenvalue weighted by molar-refractivity contribution is 6.07. The Balaban J connectivity index is 2.28. The van der Waals surface area contributed by atoms with Gasteiger partial charge in [-0.15, -0.1) is 0 Å². The van der Waals surface area contributed by atoms with E-state index in [0.29, 0.717) is 11.4 Å². The second-order valence-corrected chi connectivity index (χ2v) is 3.85. The second-order valence-electron chi connectivity index (χ2n) is 3.85. The fourth-order valence-electron chi connectivity index (χ4n) is 1.64. The van der Waals surface area contributed by atoms with E-state index < -0.39 is 10.8 Å². The quantitative estimate of drug-likeness (QED) is 0.501. The van der Waals surface area contributed by atoms with E-state index in [1.165, 1.54) is 18.2 Å². The molecule has 0 fully saturated rings. The Morgan fingerprint density at radius 3 is 2.58 bits per heavy atom. The summed E-state index contributed by atoms with van der Waals surface area (Å²) >= 11 is 0. The van der Waals surface area contributed by atoms with E-state index >= 15 is 0 Å². The molecule has 0 unspecified atom stereocenters. The molecule has 19 heavy (non-hydrogen) atoms. The van der Waals surface area contributed by atoms with Crippen LogP contribution in [0, 0.1) is 10.1 Å². The van der Waals surface area contributed by atoms with E-state index in [-0.39, 0.29) is 11.3 Å². The number of nitrogen functional groups attached to an aromatic ring is 1. The number of nitrogens with two attached hydrogens (primary N) is 1. The average molecular weight is 257 g/mol. The van der Waals surface area contributed by atoms with Crippen LogP contribution in [0.1, 0.15) is 10.4 Å². The molecule has 0 aliphatic rings. The van der Waals surface area contributed by atoms with E-state index in [9.17, 15) is 14.9 Å². The van der Waals surface area contributed by atoms with E-state index in [4.69, 9.17) is 5.73 Å². The van der Waals surface area contributed by atoms with Gasteiger partial charge in [0.1, 0.15) is 5.56 Å². The molecule has 0 saturated heterocycles. The van der Waals surface area contributed by atoms with Crippen molar-refractivity contribution in [3.8, 4) is 0 Å². The zero-order valence-electron chi connectivity index (χ0n) is 9.87. The van der Waals surface area contributed by atoms with Crippen molar-refractivity contribution < 1.29 is 9.72 Å². The highest BCUT2D eigenvalue weighted by Gasteiger charge is 2.19. The Kier molecular flexibility index (Phi) is 3.42. The lowest BCUT2D eigenvalue weighted by Crippen LogP contribution is -2.13. The van der Waals surface area contributed by atoms with Crippen molar-refractivity contribution in [2.24, 2.45) is 0 Å². The van der Waals surface area contributed by atoms with Crippen LogP contribution in [0.5, 0.6) is 0 Å². The standard InChI is InChI=1S/C13H11N3O3/c14-9-4-3-5-10(8-9)15-13(17)11-6-1-2-7-12(11)16(18)19/h1-8H,14H2,(H,15,17). The number of nitro groups is 1. The van der Waals surface area contributed by atoms with Gasteiger partial charge in [0.15, 0.2) is 0 Å². The zero-order chi connectivity index (χ0) is 13.8. The molecule has 0 aliphatic carbocycles. The third-order valence-corrected chi connectivity index (χ3v) is 2.49. The summed E-state index contributed by atoms with van der Waals surface area (Å²) in [5, 5.41) is 13.4. The number of benzene rings is 2. The van der Waals surface area contributed by atoms with E-state index in [1.807, 2.05) is 0 Å². The summed E-state index contributed by atoms with van der Waals surface area (Å²) in [4.78, 5) is 22.2. The topological polar surface area (TPSA) is 98.3 Å². The van der Waals surface area contributed by atoms with E-state index in [2.05, 4.69) is 5.32 Å². The maximum Gasteiger partial charge on any atom is 0.282 e. The predicted molar refractivity (Wildman–Crippen MR) is 71.9 cm³/mol. The number of rotatable bonds is 3. The molecule has 0 spiro atoms. The molecule has 2 aromatic rings. The summed E-state index contributed by atoms with van der Waals surface area (Å²) in [5.41, 5.74) is 6.36. The van der Waals surface area contributed by atoms with Crippen LogP contribution in [0.2, 0.25) is 0 Å². The first-order chi connectivity index (χ1) is 9.08. The summed E-state index contributed by atoms with van der Waals surface area (Å²) < 4.78 is 0. The fourth-order valence-corrected chi connectivity index (χ4v) is 1.64. The molecular weight excluding hydrogens is 246 g/mol. The summed E-state index contributed by atoms with van der Waals surface area (Å²) in [5.74, 6) is -0.544. The van der Waals surface area contributed by atoms with Gasteiger partial charge in [-0.05, 0) is 24.3 Å². The molecule has 0 atom stereocenters. The van der Waals surface area contributed by atoms with Crippen LogP contribution < -0.4 is 11.1 Å². The molecule has 0 aromatic heterocycles. The lowest BCUT2D eigenvalue weighted by Gasteiger charge is -2.06. The number of nitrogens with one attached hydrogen (secondary N) is 1. The van der Waals surface area contributed by atoms with Gasteiger partial charge in [-0.1, -0.05) is 18.2 Å². The van der Waals surface area contributed by atoms with Gasteiger partial charge >= 0.3 is 0 Å². The van der Waals surface area contributed by atoms with Gasteiger partial charge in [0, 0.05) is 17.4 Å². The van der Waals surface area contributed by atoms with Gasteiger partial charge in [-0.3, -0.25) is 14.9 Å². The van der Waals surface area contributed by atoms with Crippen molar-refractivity contribution in [1.29, 1.82) is 0 Å². The Hall–Kier alpha value is -2.89. The normalized spacial score (nSPS) is 9.89. The molecule has 1 amide bonds. The maximum atomic E-state index is 12.0. The SMILES string of the molecule is Nc1cccc(NC(=O)c2ccccc2[N+](=O)[O-])c1. The van der Waals surface area contributed by atoms with Crippen LogP contribution >= 0.6 is 0 Å². The van der Waals surface area contributed by atoms with Crippen LogP contribution in [0.4, 0.5) is 17.1 Å². The largest absolute Gasteiger partial charge is 0.399 e. The molecule has 6 nitrogen and oxygen atoms in total. The number of para-hydroxylation sites is 1. The monoisotopic (exact) mass is 257 g/mol. The summed E-state index contributed by atoms with van der Waals surface area (Å²) in [6.07, 6.45) is 0. The number of hydrogen-bond acceptors (Lipinski definition) is 4. The lowest BCUT2D eigenvalue weighted by atomic mass is 10.1. The van der Waals surface area contributed by atoms with Crippen molar-refractivity contribution in [2.75, 3.05) is 11.1 Å². The third-order valence-electron chi connectivity index (χ3n) is 2.49. The second kappa shape index (κ2) is 5.18. The van der Waals surface area contributed by atoms with Crippen LogP contribution in [0.3, 0.4) is 0 Å². The molecule has 0 radical (unpaired) electrons. The summed E-state index contributed by atoms with van der Waals surface area (Å²) in [6.45, 7) is 0. The number of nitro benzene ring substituents is 1. The van der Waals surface area contributed by atoms with Crippen LogP contribution in [0.15, 0.2) is 48.5 Å². The van der Waals surface area contributed by atoms with Crippen molar-refractivity contribution in [3.63, 3.8) is 0 Å². The number of carbonyl (C=O) groups excluding carboxylic acids is 1. The molecule has 2 aromatic carbocycles. The number of carbonyl (C=O) groups is 1. The fraction of sp³-hybridized carbons (Fsp3) is 0. The third kappa shape index (κ3) is 2.86. The lowest BCUT2D eigenvalue weighted by molar-refractivity contribution is -0.385. The number of nitrogens with zero attached hydrogens (tertiary/aromatic N) is 1. The minimum absolute atomic E-state index is 0.00919. The Bertz CT molecular complexity index is 641. The van der Waals surface area contributed by atoms with Crippen molar-refractivity contribution in [2.45, 2.75) is 0 Å². The first-order valence-electron chi connectivity index (χ1n) is 5.48. The van der Waals surface area contributed by atoms with Gasteiger partial charge in [-0.2, -0.15) is 0 Å². The number of anilines is 2. The molecule has 2 rings (SSSR count). The molecular formula is C13H11N3O3. The number of hydrogen-bond donors (Lipinski definition) is 2. The minimum Gasteiger partial charge on any atom is -0.399 e. The highest BCUT2D eigenvalue weighted by Crippen LogP contribution is 2.20. The Morgan fingerprint density at radius 1 is 1.16 bits per heavy atom. The molecule has 6 heteroatoms. The van der Waals surface area contributed by atoms with Crippen molar-refractivity contribution in [3.05, 3.63) is 64.2 Å². The molecule has 3 N–H and O–H groups in total. The van der Waals surface area contributed by atoms with Gasteiger partial charge in [0.2, 0.25) is 0 Å². The van der Waals surface area contributed by atoms with Gasteiger partial charge in [0.05, 0.1) is 4.92 Å². The van der Waals surface area contributed by atoms with Gasteiger partial charge in [0.25, 0.3) is 11.6 Å². The molecule has 0 heterocycles. The Morgan fingerprint density at radius 2 is 1.89 bits per heavy atom. The summed E-state index contributed by atoms with van der Waals surface area (Å²) in [6, 6.07) is 12.4. The van der Waals surface area contributed by atoms with E-state index in [0.717, 1.165) is 0 Å². The molecule has 96 valence electrons. The predicted octanol–water partition coefficient (Wildman–Crippen LogP) is 2.43. The van der Waals surface area contributed by atoms with Crippen LogP contribution in [0.25, 0.3) is 0 Å². The van der Waals surface area contributed by atoms with Crippen molar-refractivity contribution >= 4 is 23.0 Å². The first kappa shape index (κ1) is 12.6. The maximum absolute atomic E-state index is 12.0. The molecule has 0 bridgehead atoms. The number of amides is 1. The molecule has 0 aliphatic heterocycles. The minimum atomic E-state index is -0.589. The average Bonchev–Trinajstić information content (AvgIpc) is 2.38.